The fraction of sp³-hybridized carbons (Fsp3) is 0.125. The second kappa shape index (κ2) is 4.80. The van der Waals surface area contributed by atoms with Crippen LogP contribution in [0.15, 0.2) is 22.4 Å². The summed E-state index contributed by atoms with van der Waals surface area (Å²) in [6.45, 7) is 0. The Morgan fingerprint density at radius 3 is 3.00 bits per heavy atom. The van der Waals surface area contributed by atoms with Crippen LogP contribution in [0.1, 0.15) is 10.4 Å². The van der Waals surface area contributed by atoms with Gasteiger partial charge in [-0.3, -0.25) is 4.79 Å². The lowest BCUT2D eigenvalue weighted by Gasteiger charge is -1.85. The molecule has 6 heteroatoms. The third kappa shape index (κ3) is 2.44. The van der Waals surface area contributed by atoms with Crippen molar-refractivity contribution in [1.82, 2.24) is 4.73 Å². The van der Waals surface area contributed by atoms with Crippen molar-refractivity contribution < 1.29 is 14.7 Å². The first-order chi connectivity index (χ1) is 6.77. The minimum absolute atomic E-state index is 0.288. The first-order valence-corrected chi connectivity index (χ1v) is 3.71. The summed E-state index contributed by atoms with van der Waals surface area (Å²) in [6, 6.07) is 0. The van der Waals surface area contributed by atoms with Crippen molar-refractivity contribution in [2.24, 2.45) is 9.98 Å². The van der Waals surface area contributed by atoms with E-state index in [0.717, 1.165) is 4.73 Å². The van der Waals surface area contributed by atoms with E-state index in [1.54, 1.807) is 0 Å². The SMILES string of the molecule is COC=NC=Nc1cn(O)cc1C=O. The predicted octanol–water partition coefficient (Wildman–Crippen LogP) is 0.872. The molecule has 0 aliphatic heterocycles. The average Bonchev–Trinajstić information content (AvgIpc) is 2.54. The normalized spacial score (nSPS) is 11.2. The minimum atomic E-state index is 0.288. The monoisotopic (exact) mass is 195 g/mol. The fourth-order valence-electron chi connectivity index (χ4n) is 0.828. The summed E-state index contributed by atoms with van der Waals surface area (Å²) in [5, 5.41) is 8.99. The number of methoxy groups -OCH3 is 1. The van der Waals surface area contributed by atoms with Gasteiger partial charge in [-0.1, -0.05) is 0 Å². The van der Waals surface area contributed by atoms with Crippen LogP contribution >= 0.6 is 0 Å². The second-order valence-corrected chi connectivity index (χ2v) is 2.33. The van der Waals surface area contributed by atoms with E-state index in [-0.39, 0.29) is 5.56 Å². The van der Waals surface area contributed by atoms with Gasteiger partial charge >= 0.3 is 0 Å². The van der Waals surface area contributed by atoms with Gasteiger partial charge in [0.1, 0.15) is 6.34 Å². The van der Waals surface area contributed by atoms with Gasteiger partial charge in [-0.2, -0.15) is 4.73 Å². The third-order valence-corrected chi connectivity index (χ3v) is 1.38. The van der Waals surface area contributed by atoms with E-state index in [2.05, 4.69) is 14.7 Å². The molecule has 0 aromatic carbocycles. The van der Waals surface area contributed by atoms with Crippen LogP contribution < -0.4 is 0 Å². The number of hydrogen-bond donors (Lipinski definition) is 1. The molecular formula is C8H9N3O3. The highest BCUT2D eigenvalue weighted by Gasteiger charge is 2.02. The van der Waals surface area contributed by atoms with Crippen molar-refractivity contribution in [3.05, 3.63) is 18.0 Å². The standard InChI is InChI=1S/C8H9N3O3/c1-14-6-9-5-10-8-3-11(13)2-7(8)4-12/h2-6,13H,1H3. The molecule has 0 aliphatic rings. The smallest absolute Gasteiger partial charge is 0.175 e. The zero-order valence-electron chi connectivity index (χ0n) is 7.49. The number of aliphatic imine (C=N–C) groups is 2. The highest BCUT2D eigenvalue weighted by Crippen LogP contribution is 2.16. The highest BCUT2D eigenvalue weighted by molar-refractivity contribution is 5.84. The van der Waals surface area contributed by atoms with E-state index in [4.69, 9.17) is 5.21 Å². The summed E-state index contributed by atoms with van der Waals surface area (Å²) in [5.41, 5.74) is 0.632. The van der Waals surface area contributed by atoms with Gasteiger partial charge in [0.2, 0.25) is 0 Å². The van der Waals surface area contributed by atoms with Crippen molar-refractivity contribution in [2.45, 2.75) is 0 Å². The van der Waals surface area contributed by atoms with Gasteiger partial charge in [0.25, 0.3) is 0 Å². The molecule has 1 heterocycles. The average molecular weight is 195 g/mol. The molecule has 1 aromatic rings. The lowest BCUT2D eigenvalue weighted by atomic mass is 10.3. The lowest BCUT2D eigenvalue weighted by Crippen LogP contribution is -1.80. The summed E-state index contributed by atoms with van der Waals surface area (Å²) in [6.07, 6.45) is 5.55. The van der Waals surface area contributed by atoms with E-state index in [1.165, 1.54) is 32.2 Å². The maximum absolute atomic E-state index is 10.5. The first kappa shape index (κ1) is 9.97. The van der Waals surface area contributed by atoms with Crippen LogP contribution in [0.2, 0.25) is 0 Å². The molecule has 14 heavy (non-hydrogen) atoms. The predicted molar refractivity (Wildman–Crippen MR) is 50.7 cm³/mol. The molecule has 0 spiro atoms. The van der Waals surface area contributed by atoms with E-state index < -0.39 is 0 Å². The topological polar surface area (TPSA) is 76.2 Å². The number of hydrogen-bond acceptors (Lipinski definition) is 4. The molecule has 0 unspecified atom stereocenters. The van der Waals surface area contributed by atoms with E-state index in [0.29, 0.717) is 12.0 Å². The molecule has 0 bridgehead atoms. The van der Waals surface area contributed by atoms with Crippen LogP contribution in [0.5, 0.6) is 0 Å². The maximum Gasteiger partial charge on any atom is 0.175 e. The molecule has 74 valence electrons. The Hall–Kier alpha value is -2.11. The van der Waals surface area contributed by atoms with Crippen LogP contribution in [0.3, 0.4) is 0 Å². The molecule has 0 radical (unpaired) electrons. The Morgan fingerprint density at radius 2 is 2.36 bits per heavy atom. The molecular weight excluding hydrogens is 186 g/mol. The number of nitrogens with zero attached hydrogens (tertiary/aromatic N) is 3. The Balaban J connectivity index is 2.79. The number of rotatable bonds is 4. The van der Waals surface area contributed by atoms with Gasteiger partial charge in [-0.05, 0) is 0 Å². The van der Waals surface area contributed by atoms with Crippen LogP contribution in [0.25, 0.3) is 0 Å². The van der Waals surface area contributed by atoms with Crippen molar-refractivity contribution in [3.8, 4) is 0 Å². The van der Waals surface area contributed by atoms with Gasteiger partial charge in [0, 0.05) is 0 Å². The summed E-state index contributed by atoms with van der Waals surface area (Å²) in [5.74, 6) is 0. The number of carbonyl (C=O) groups is 1. The zero-order chi connectivity index (χ0) is 10.4. The lowest BCUT2D eigenvalue weighted by molar-refractivity contribution is 0.112. The Bertz CT molecular complexity index is 368. The quantitative estimate of drug-likeness (QED) is 0.335. The molecule has 0 amide bonds. The molecule has 0 fully saturated rings. The van der Waals surface area contributed by atoms with Crippen LogP contribution in [-0.2, 0) is 4.74 Å². The van der Waals surface area contributed by atoms with Gasteiger partial charge in [-0.25, -0.2) is 9.98 Å². The second-order valence-electron chi connectivity index (χ2n) is 2.33. The van der Waals surface area contributed by atoms with Gasteiger partial charge in [0.05, 0.1) is 30.8 Å². The summed E-state index contributed by atoms with van der Waals surface area (Å²) >= 11 is 0. The highest BCUT2D eigenvalue weighted by atomic mass is 16.5. The Kier molecular flexibility index (Phi) is 3.42. The summed E-state index contributed by atoms with van der Waals surface area (Å²) < 4.78 is 5.29. The Morgan fingerprint density at radius 1 is 1.57 bits per heavy atom. The summed E-state index contributed by atoms with van der Waals surface area (Å²) in [4.78, 5) is 17.9. The number of ether oxygens (including phenoxy) is 1. The zero-order valence-corrected chi connectivity index (χ0v) is 7.49. The molecule has 0 saturated carbocycles. The van der Waals surface area contributed by atoms with E-state index in [1.807, 2.05) is 0 Å². The van der Waals surface area contributed by atoms with Crippen molar-refractivity contribution in [3.63, 3.8) is 0 Å². The van der Waals surface area contributed by atoms with Crippen LogP contribution in [-0.4, -0.2) is 36.1 Å². The largest absolute Gasteiger partial charge is 0.486 e. The van der Waals surface area contributed by atoms with Crippen molar-refractivity contribution in [1.29, 1.82) is 0 Å². The van der Waals surface area contributed by atoms with Gasteiger partial charge < -0.3 is 9.94 Å². The fourth-order valence-corrected chi connectivity index (χ4v) is 0.828. The first-order valence-electron chi connectivity index (χ1n) is 3.71. The van der Waals surface area contributed by atoms with Crippen LogP contribution in [0.4, 0.5) is 5.69 Å². The minimum Gasteiger partial charge on any atom is -0.486 e. The molecule has 1 rings (SSSR count). The van der Waals surface area contributed by atoms with Crippen molar-refractivity contribution >= 4 is 24.7 Å². The molecule has 0 aliphatic carbocycles. The molecule has 1 aromatic heterocycles. The van der Waals surface area contributed by atoms with Crippen molar-refractivity contribution in [2.75, 3.05) is 7.11 Å². The van der Waals surface area contributed by atoms with E-state index in [9.17, 15) is 4.79 Å². The molecule has 0 atom stereocenters. The molecule has 1 N–H and O–H groups in total. The third-order valence-electron chi connectivity index (χ3n) is 1.38. The number of aldehydes is 1. The Labute approximate surface area is 80.1 Å². The maximum atomic E-state index is 10.5. The van der Waals surface area contributed by atoms with Gasteiger partial charge in [-0.15, -0.1) is 0 Å². The molecule has 6 nitrogen and oxygen atoms in total. The van der Waals surface area contributed by atoms with Gasteiger partial charge in [0.15, 0.2) is 12.7 Å². The number of carbonyl (C=O) groups excluding carboxylic acids is 1. The summed E-state index contributed by atoms with van der Waals surface area (Å²) in [7, 11) is 1.46. The van der Waals surface area contributed by atoms with E-state index >= 15 is 0 Å². The van der Waals surface area contributed by atoms with Crippen LogP contribution in [0, 0.1) is 0 Å². The molecule has 0 saturated heterocycles. The number of aromatic nitrogens is 1.